The third-order valence-electron chi connectivity index (χ3n) is 5.16. The Morgan fingerprint density at radius 1 is 1.39 bits per heavy atom. The van der Waals surface area contributed by atoms with E-state index in [4.69, 9.17) is 9.94 Å². The van der Waals surface area contributed by atoms with E-state index in [0.29, 0.717) is 31.0 Å². The third kappa shape index (κ3) is 5.40. The molecule has 0 saturated carbocycles. The average molecular weight is 475 g/mol. The minimum absolute atomic E-state index is 0.209. The van der Waals surface area contributed by atoms with Gasteiger partial charge in [0.05, 0.1) is 43.8 Å². The van der Waals surface area contributed by atoms with Gasteiger partial charge in [-0.2, -0.15) is 5.10 Å². The molecule has 1 atom stereocenters. The van der Waals surface area contributed by atoms with Gasteiger partial charge in [-0.15, -0.1) is 11.3 Å². The highest BCUT2D eigenvalue weighted by Gasteiger charge is 2.33. The number of hydrazone groups is 1. The highest BCUT2D eigenvalue weighted by Crippen LogP contribution is 2.28. The molecule has 2 amide bonds. The van der Waals surface area contributed by atoms with E-state index in [1.165, 1.54) is 35.4 Å². The Bertz CT molecular complexity index is 1090. The molecule has 10 nitrogen and oxygen atoms in total. The van der Waals surface area contributed by atoms with Crippen molar-refractivity contribution in [1.29, 1.82) is 0 Å². The number of nitrogens with zero attached hydrogens (tertiary/aromatic N) is 5. The number of thiophene rings is 1. The summed E-state index contributed by atoms with van der Waals surface area (Å²) in [5.74, 6) is -0.686. The van der Waals surface area contributed by atoms with E-state index in [0.717, 1.165) is 9.75 Å². The van der Waals surface area contributed by atoms with Crippen LogP contribution in [-0.4, -0.2) is 67.1 Å². The van der Waals surface area contributed by atoms with E-state index in [1.54, 1.807) is 23.4 Å². The number of benzene rings is 1. The molecular weight excluding hydrogens is 451 g/mol. The second kappa shape index (κ2) is 9.86. The van der Waals surface area contributed by atoms with Crippen molar-refractivity contribution in [3.63, 3.8) is 0 Å². The minimum atomic E-state index is -0.574. The molecule has 1 fully saturated rings. The lowest BCUT2D eigenvalue weighted by Gasteiger charge is -2.30. The van der Waals surface area contributed by atoms with E-state index in [-0.39, 0.29) is 19.0 Å². The summed E-state index contributed by atoms with van der Waals surface area (Å²) in [5, 5.41) is 20.5. The van der Waals surface area contributed by atoms with E-state index < -0.39 is 18.0 Å². The van der Waals surface area contributed by atoms with Crippen LogP contribution < -0.4 is 15.1 Å². The van der Waals surface area contributed by atoms with Crippen molar-refractivity contribution < 1.29 is 23.9 Å². The first-order valence-corrected chi connectivity index (χ1v) is 11.1. The fourth-order valence-electron chi connectivity index (χ4n) is 3.56. The lowest BCUT2D eigenvalue weighted by Crippen LogP contribution is -2.38. The van der Waals surface area contributed by atoms with Crippen LogP contribution in [0.3, 0.4) is 0 Å². The van der Waals surface area contributed by atoms with Crippen LogP contribution in [0.25, 0.3) is 0 Å². The Balaban J connectivity index is 1.38. The standard InChI is InChI=1S/C21H23FN6O4S/c1-14(29)23-9-16-11-28(21(30)32-16)15-2-5-20(19(22)8-15)26-6-7-27(24-13-26)12-18-4-3-17(33-18)10-25-31/h2-5,8,10,13,16,31H,6-7,9,11-12H2,1H3,(H,23,29)/b25-10+/t16-/m0/s1. The zero-order chi connectivity index (χ0) is 23.4. The van der Waals surface area contributed by atoms with E-state index >= 15 is 0 Å². The molecule has 174 valence electrons. The van der Waals surface area contributed by atoms with Gasteiger partial charge >= 0.3 is 6.09 Å². The van der Waals surface area contributed by atoms with Crippen LogP contribution in [0.2, 0.25) is 0 Å². The van der Waals surface area contributed by atoms with Crippen LogP contribution >= 0.6 is 11.3 Å². The number of anilines is 2. The van der Waals surface area contributed by atoms with Gasteiger partial charge in [-0.3, -0.25) is 14.7 Å². The second-order valence-electron chi connectivity index (χ2n) is 7.55. The summed E-state index contributed by atoms with van der Waals surface area (Å²) < 4.78 is 20.1. The first-order chi connectivity index (χ1) is 15.9. The number of amides is 2. The van der Waals surface area contributed by atoms with Gasteiger partial charge in [0.25, 0.3) is 0 Å². The van der Waals surface area contributed by atoms with Gasteiger partial charge in [0.15, 0.2) is 0 Å². The van der Waals surface area contributed by atoms with Crippen molar-refractivity contribution >= 4 is 47.3 Å². The van der Waals surface area contributed by atoms with Crippen molar-refractivity contribution in [3.05, 3.63) is 45.9 Å². The normalized spacial score (nSPS) is 18.3. The maximum atomic E-state index is 14.9. The number of halogens is 1. The number of carbonyl (C=O) groups excluding carboxylic acids is 2. The highest BCUT2D eigenvalue weighted by atomic mass is 32.1. The monoisotopic (exact) mass is 474 g/mol. The molecule has 2 aromatic rings. The molecule has 0 bridgehead atoms. The number of hydrogen-bond acceptors (Lipinski definition) is 9. The first-order valence-electron chi connectivity index (χ1n) is 10.3. The average Bonchev–Trinajstić information content (AvgIpc) is 3.39. The first kappa shape index (κ1) is 22.5. The number of cyclic esters (lactones) is 1. The quantitative estimate of drug-likeness (QED) is 0.362. The summed E-state index contributed by atoms with van der Waals surface area (Å²) in [6.07, 6.45) is 1.90. The van der Waals surface area contributed by atoms with Gasteiger partial charge in [-0.25, -0.2) is 9.18 Å². The SMILES string of the molecule is CC(=O)NC[C@H]1CN(c2ccc(N3C=NN(Cc4ccc(/C=N/O)s4)CC3)c(F)c2)C(=O)O1. The molecule has 2 aliphatic heterocycles. The molecule has 1 saturated heterocycles. The van der Waals surface area contributed by atoms with Gasteiger partial charge in [-0.05, 0) is 30.3 Å². The number of nitrogens with one attached hydrogen (secondary N) is 1. The van der Waals surface area contributed by atoms with E-state index in [9.17, 15) is 14.0 Å². The summed E-state index contributed by atoms with van der Waals surface area (Å²) in [6, 6.07) is 8.39. The molecule has 12 heteroatoms. The fraction of sp³-hybridized carbons (Fsp3) is 0.333. The van der Waals surface area contributed by atoms with E-state index in [2.05, 4.69) is 15.6 Å². The van der Waals surface area contributed by atoms with Crippen LogP contribution in [-0.2, 0) is 16.1 Å². The number of rotatable bonds is 7. The van der Waals surface area contributed by atoms with Gasteiger partial charge < -0.3 is 20.2 Å². The van der Waals surface area contributed by atoms with E-state index in [1.807, 2.05) is 17.1 Å². The molecular formula is C21H23FN6O4S. The van der Waals surface area contributed by atoms with Crippen LogP contribution in [0.15, 0.2) is 40.6 Å². The second-order valence-corrected chi connectivity index (χ2v) is 8.75. The molecule has 1 aromatic heterocycles. The molecule has 2 N–H and O–H groups in total. The number of ether oxygens (including phenoxy) is 1. The molecule has 0 radical (unpaired) electrons. The lowest BCUT2D eigenvalue weighted by atomic mass is 10.2. The third-order valence-corrected chi connectivity index (χ3v) is 6.17. The van der Waals surface area contributed by atoms with Gasteiger partial charge in [0.1, 0.15) is 18.3 Å². The Labute approximate surface area is 193 Å². The summed E-state index contributed by atoms with van der Waals surface area (Å²) in [5.41, 5.74) is 0.754. The number of oxime groups is 1. The summed E-state index contributed by atoms with van der Waals surface area (Å²) >= 11 is 1.51. The number of hydrogen-bond donors (Lipinski definition) is 2. The van der Waals surface area contributed by atoms with Crippen molar-refractivity contribution in [1.82, 2.24) is 10.3 Å². The summed E-state index contributed by atoms with van der Waals surface area (Å²) in [7, 11) is 0. The van der Waals surface area contributed by atoms with Gasteiger partial charge in [0.2, 0.25) is 5.91 Å². The zero-order valence-electron chi connectivity index (χ0n) is 17.8. The fourth-order valence-corrected chi connectivity index (χ4v) is 4.44. The zero-order valence-corrected chi connectivity index (χ0v) is 18.7. The molecule has 1 aromatic carbocycles. The Kier molecular flexibility index (Phi) is 6.73. The highest BCUT2D eigenvalue weighted by molar-refractivity contribution is 7.13. The summed E-state index contributed by atoms with van der Waals surface area (Å²) in [4.78, 5) is 28.2. The Morgan fingerprint density at radius 3 is 2.94 bits per heavy atom. The molecule has 2 aliphatic rings. The van der Waals surface area contributed by atoms with Crippen molar-refractivity contribution in [3.8, 4) is 0 Å². The maximum Gasteiger partial charge on any atom is 0.414 e. The van der Waals surface area contributed by atoms with Gasteiger partial charge in [0, 0.05) is 23.2 Å². The topological polar surface area (TPSA) is 110 Å². The molecule has 0 spiro atoms. The van der Waals surface area contributed by atoms with Gasteiger partial charge in [-0.1, -0.05) is 5.16 Å². The van der Waals surface area contributed by atoms with Crippen molar-refractivity contribution in [2.75, 3.05) is 36.0 Å². The predicted molar refractivity (Wildman–Crippen MR) is 123 cm³/mol. The smallest absolute Gasteiger partial charge is 0.414 e. The molecule has 4 rings (SSSR count). The molecule has 0 unspecified atom stereocenters. The van der Waals surface area contributed by atoms with Crippen molar-refractivity contribution in [2.45, 2.75) is 19.6 Å². The van der Waals surface area contributed by atoms with Crippen LogP contribution in [0, 0.1) is 5.82 Å². The Hall–Kier alpha value is -3.67. The number of carbonyl (C=O) groups is 2. The van der Waals surface area contributed by atoms with Crippen molar-refractivity contribution in [2.24, 2.45) is 10.3 Å². The molecule has 33 heavy (non-hydrogen) atoms. The van der Waals surface area contributed by atoms with Crippen LogP contribution in [0.1, 0.15) is 16.7 Å². The largest absolute Gasteiger partial charge is 0.442 e. The lowest BCUT2D eigenvalue weighted by molar-refractivity contribution is -0.119. The Morgan fingerprint density at radius 2 is 2.24 bits per heavy atom. The van der Waals surface area contributed by atoms with Crippen LogP contribution in [0.4, 0.5) is 20.6 Å². The summed E-state index contributed by atoms with van der Waals surface area (Å²) in [6.45, 7) is 3.57. The minimum Gasteiger partial charge on any atom is -0.442 e. The predicted octanol–water partition coefficient (Wildman–Crippen LogP) is 2.42. The maximum absolute atomic E-state index is 14.9. The van der Waals surface area contributed by atoms with Crippen LogP contribution in [0.5, 0.6) is 0 Å². The molecule has 0 aliphatic carbocycles. The molecule has 3 heterocycles.